The van der Waals surface area contributed by atoms with Crippen LogP contribution in [0.2, 0.25) is 5.28 Å². The second kappa shape index (κ2) is 2.45. The zero-order valence-electron chi connectivity index (χ0n) is 6.87. The molecule has 2 rings (SSSR count). The molecular weight excluding hydrogens is 174 g/mol. The van der Waals surface area contributed by atoms with E-state index in [0.29, 0.717) is 10.9 Å². The first-order valence-corrected chi connectivity index (χ1v) is 4.01. The fraction of sp³-hybridized carbons (Fsp3) is 0.250. The Labute approximate surface area is 75.0 Å². The molecule has 2 heterocycles. The number of hydrogen-bond acceptors (Lipinski definition) is 2. The van der Waals surface area contributed by atoms with E-state index in [2.05, 4.69) is 9.97 Å². The quantitative estimate of drug-likeness (QED) is 0.622. The van der Waals surface area contributed by atoms with Crippen LogP contribution >= 0.6 is 11.6 Å². The third kappa shape index (κ3) is 0.975. The Bertz CT molecular complexity index is 433. The van der Waals surface area contributed by atoms with E-state index in [4.69, 9.17) is 11.6 Å². The zero-order valence-corrected chi connectivity index (χ0v) is 7.63. The molecule has 0 fully saturated rings. The van der Waals surface area contributed by atoms with E-state index in [1.165, 1.54) is 0 Å². The Morgan fingerprint density at radius 3 is 3.00 bits per heavy atom. The number of imidazole rings is 1. The third-order valence-electron chi connectivity index (χ3n) is 1.82. The topological polar surface area (TPSA) is 30.7 Å². The van der Waals surface area contributed by atoms with E-state index >= 15 is 0 Å². The van der Waals surface area contributed by atoms with E-state index in [0.717, 1.165) is 11.1 Å². The minimum Gasteiger partial charge on any atom is -0.316 e. The van der Waals surface area contributed by atoms with Gasteiger partial charge in [0.1, 0.15) is 0 Å². The smallest absolute Gasteiger partial charge is 0.205 e. The molecule has 12 heavy (non-hydrogen) atoms. The first kappa shape index (κ1) is 7.55. The lowest BCUT2D eigenvalue weighted by Gasteiger charge is -1.94. The molecule has 0 atom stereocenters. The summed E-state index contributed by atoms with van der Waals surface area (Å²) in [4.78, 5) is 8.22. The summed E-state index contributed by atoms with van der Waals surface area (Å²) in [5.74, 6) is 0. The van der Waals surface area contributed by atoms with Crippen LogP contribution in [-0.4, -0.2) is 14.5 Å². The molecule has 0 aliphatic heterocycles. The van der Waals surface area contributed by atoms with Crippen molar-refractivity contribution in [3.63, 3.8) is 0 Å². The molecule has 0 aliphatic carbocycles. The summed E-state index contributed by atoms with van der Waals surface area (Å²) in [6, 6.07) is 2.02. The van der Waals surface area contributed by atoms with Crippen LogP contribution in [0.5, 0.6) is 0 Å². The van der Waals surface area contributed by atoms with Crippen LogP contribution in [0.3, 0.4) is 0 Å². The Hall–Kier alpha value is -1.09. The van der Waals surface area contributed by atoms with E-state index < -0.39 is 0 Å². The van der Waals surface area contributed by atoms with Crippen LogP contribution in [0.15, 0.2) is 12.3 Å². The van der Waals surface area contributed by atoms with E-state index in [1.807, 2.05) is 24.6 Å². The standard InChI is InChI=1S/C8H8ClN3/c1-5-3-6-7(10-4-5)11-8(9)12(6)2/h3-4H,1-2H3. The van der Waals surface area contributed by atoms with Crippen LogP contribution in [0.4, 0.5) is 0 Å². The highest BCUT2D eigenvalue weighted by molar-refractivity contribution is 6.29. The summed E-state index contributed by atoms with van der Waals surface area (Å²) in [6.07, 6.45) is 1.78. The summed E-state index contributed by atoms with van der Waals surface area (Å²) in [7, 11) is 1.87. The largest absolute Gasteiger partial charge is 0.316 e. The Morgan fingerprint density at radius 1 is 1.50 bits per heavy atom. The van der Waals surface area contributed by atoms with Crippen LogP contribution in [0.25, 0.3) is 11.2 Å². The van der Waals surface area contributed by atoms with E-state index in [-0.39, 0.29) is 0 Å². The van der Waals surface area contributed by atoms with Gasteiger partial charge in [-0.1, -0.05) is 0 Å². The molecule has 4 heteroatoms. The average Bonchev–Trinajstić information content (AvgIpc) is 2.31. The highest BCUT2D eigenvalue weighted by atomic mass is 35.5. The Kier molecular flexibility index (Phi) is 1.54. The molecule has 0 radical (unpaired) electrons. The fourth-order valence-corrected chi connectivity index (χ4v) is 1.31. The first-order chi connectivity index (χ1) is 5.68. The number of nitrogens with zero attached hydrogens (tertiary/aromatic N) is 3. The molecule has 0 unspecified atom stereocenters. The van der Waals surface area contributed by atoms with Crippen LogP contribution in [-0.2, 0) is 7.05 Å². The molecule has 0 spiro atoms. The fourth-order valence-electron chi connectivity index (χ4n) is 1.14. The second-order valence-electron chi connectivity index (χ2n) is 2.80. The van der Waals surface area contributed by atoms with Gasteiger partial charge in [-0.25, -0.2) is 4.98 Å². The van der Waals surface area contributed by atoms with Gasteiger partial charge in [0.15, 0.2) is 5.65 Å². The predicted octanol–water partition coefficient (Wildman–Crippen LogP) is 1.93. The predicted molar refractivity (Wildman–Crippen MR) is 48.3 cm³/mol. The molecule has 0 bridgehead atoms. The molecule has 0 N–H and O–H groups in total. The van der Waals surface area contributed by atoms with Crippen LogP contribution in [0, 0.1) is 6.92 Å². The van der Waals surface area contributed by atoms with Gasteiger partial charge < -0.3 is 4.57 Å². The maximum atomic E-state index is 5.82. The molecule has 2 aromatic rings. The van der Waals surface area contributed by atoms with Crippen molar-refractivity contribution in [2.45, 2.75) is 6.92 Å². The second-order valence-corrected chi connectivity index (χ2v) is 3.13. The number of rotatable bonds is 0. The molecule has 0 saturated heterocycles. The molecule has 3 nitrogen and oxygen atoms in total. The number of fused-ring (bicyclic) bond motifs is 1. The van der Waals surface area contributed by atoms with Gasteiger partial charge in [-0.05, 0) is 30.2 Å². The van der Waals surface area contributed by atoms with Gasteiger partial charge in [0.25, 0.3) is 0 Å². The monoisotopic (exact) mass is 181 g/mol. The van der Waals surface area contributed by atoms with Gasteiger partial charge in [-0.15, -0.1) is 0 Å². The summed E-state index contributed by atoms with van der Waals surface area (Å²) >= 11 is 5.82. The Morgan fingerprint density at radius 2 is 2.25 bits per heavy atom. The molecule has 0 aromatic carbocycles. The summed E-state index contributed by atoms with van der Waals surface area (Å²) < 4.78 is 1.82. The lowest BCUT2D eigenvalue weighted by atomic mass is 10.3. The van der Waals surface area contributed by atoms with Crippen molar-refractivity contribution in [1.29, 1.82) is 0 Å². The van der Waals surface area contributed by atoms with E-state index in [1.54, 1.807) is 6.20 Å². The average molecular weight is 182 g/mol. The maximum absolute atomic E-state index is 5.82. The van der Waals surface area contributed by atoms with Crippen molar-refractivity contribution in [2.24, 2.45) is 7.05 Å². The van der Waals surface area contributed by atoms with Gasteiger partial charge >= 0.3 is 0 Å². The van der Waals surface area contributed by atoms with E-state index in [9.17, 15) is 0 Å². The van der Waals surface area contributed by atoms with Crippen molar-refractivity contribution in [2.75, 3.05) is 0 Å². The normalized spacial score (nSPS) is 10.9. The lowest BCUT2D eigenvalue weighted by Crippen LogP contribution is -1.87. The third-order valence-corrected chi connectivity index (χ3v) is 2.16. The Balaban J connectivity index is 2.88. The first-order valence-electron chi connectivity index (χ1n) is 3.63. The number of aryl methyl sites for hydroxylation is 2. The molecule has 0 amide bonds. The minimum atomic E-state index is 0.475. The molecule has 62 valence electrons. The van der Waals surface area contributed by atoms with Crippen molar-refractivity contribution in [3.05, 3.63) is 23.1 Å². The van der Waals surface area contributed by atoms with Gasteiger partial charge in [0, 0.05) is 13.2 Å². The number of pyridine rings is 1. The molecule has 2 aromatic heterocycles. The van der Waals surface area contributed by atoms with Gasteiger partial charge in [-0.3, -0.25) is 0 Å². The van der Waals surface area contributed by atoms with Crippen molar-refractivity contribution >= 4 is 22.8 Å². The van der Waals surface area contributed by atoms with Crippen LogP contribution in [0.1, 0.15) is 5.56 Å². The summed E-state index contributed by atoms with van der Waals surface area (Å²) in [5, 5.41) is 0.475. The highest BCUT2D eigenvalue weighted by Gasteiger charge is 2.05. The maximum Gasteiger partial charge on any atom is 0.205 e. The summed E-state index contributed by atoms with van der Waals surface area (Å²) in [6.45, 7) is 1.99. The number of hydrogen-bond donors (Lipinski definition) is 0. The van der Waals surface area contributed by atoms with Crippen molar-refractivity contribution in [3.8, 4) is 0 Å². The molecule has 0 saturated carbocycles. The lowest BCUT2D eigenvalue weighted by molar-refractivity contribution is 0.948. The number of halogens is 1. The van der Waals surface area contributed by atoms with Crippen LogP contribution < -0.4 is 0 Å². The summed E-state index contributed by atoms with van der Waals surface area (Å²) in [5.41, 5.74) is 2.79. The van der Waals surface area contributed by atoms with Crippen molar-refractivity contribution in [1.82, 2.24) is 14.5 Å². The molecular formula is C8H8ClN3. The van der Waals surface area contributed by atoms with Crippen molar-refractivity contribution < 1.29 is 0 Å². The van der Waals surface area contributed by atoms with Gasteiger partial charge in [0.2, 0.25) is 5.28 Å². The number of aromatic nitrogens is 3. The van der Waals surface area contributed by atoms with Gasteiger partial charge in [0.05, 0.1) is 5.52 Å². The van der Waals surface area contributed by atoms with Gasteiger partial charge in [-0.2, -0.15) is 4.98 Å². The highest BCUT2D eigenvalue weighted by Crippen LogP contribution is 2.16. The SMILES string of the molecule is Cc1cnc2nc(Cl)n(C)c2c1. The molecule has 0 aliphatic rings. The minimum absolute atomic E-state index is 0.475. The zero-order chi connectivity index (χ0) is 8.72.